The molecule has 6 nitrogen and oxygen atoms in total. The van der Waals surface area contributed by atoms with Crippen LogP contribution >= 0.6 is 0 Å². The quantitative estimate of drug-likeness (QED) is 0.598. The van der Waals surface area contributed by atoms with Crippen LogP contribution in [0.3, 0.4) is 0 Å². The number of ether oxygens (including phenoxy) is 2. The zero-order valence-electron chi connectivity index (χ0n) is 9.47. The van der Waals surface area contributed by atoms with Gasteiger partial charge in [0.15, 0.2) is 6.10 Å². The Morgan fingerprint density at radius 3 is 2.53 bits per heavy atom. The number of hydrogen-bond acceptors (Lipinski definition) is 5. The van der Waals surface area contributed by atoms with Crippen molar-refractivity contribution < 1.29 is 24.2 Å². The van der Waals surface area contributed by atoms with Crippen LogP contribution in [0, 0.1) is 0 Å². The van der Waals surface area contributed by atoms with Gasteiger partial charge in [-0.3, -0.25) is 0 Å². The fourth-order valence-corrected chi connectivity index (χ4v) is 1.23. The maximum absolute atomic E-state index is 11.1. The van der Waals surface area contributed by atoms with Crippen LogP contribution < -0.4 is 10.5 Å². The van der Waals surface area contributed by atoms with Gasteiger partial charge in [-0.1, -0.05) is 0 Å². The summed E-state index contributed by atoms with van der Waals surface area (Å²) >= 11 is 0. The van der Waals surface area contributed by atoms with E-state index in [1.54, 1.807) is 0 Å². The molecular formula is C11H13NO5. The molecule has 0 aliphatic rings. The molecule has 1 rings (SSSR count). The van der Waals surface area contributed by atoms with Gasteiger partial charge in [0.1, 0.15) is 5.75 Å². The molecule has 0 fully saturated rings. The third-order valence-electron chi connectivity index (χ3n) is 2.10. The zero-order chi connectivity index (χ0) is 13.0. The van der Waals surface area contributed by atoms with Gasteiger partial charge in [0.05, 0.1) is 12.7 Å². The number of carboxylic acids is 1. The molecule has 0 saturated heterocycles. The number of aromatic carboxylic acids is 1. The minimum Gasteiger partial charge on any atom is -0.479 e. The Labute approximate surface area is 97.9 Å². The second-order valence-electron chi connectivity index (χ2n) is 3.34. The molecule has 6 heteroatoms. The molecule has 1 aromatic carbocycles. The van der Waals surface area contributed by atoms with Crippen molar-refractivity contribution in [3.63, 3.8) is 0 Å². The van der Waals surface area contributed by atoms with Crippen molar-refractivity contribution in [3.05, 3.63) is 23.8 Å². The Hall–Kier alpha value is -2.24. The molecule has 1 unspecified atom stereocenters. The second-order valence-corrected chi connectivity index (χ2v) is 3.34. The van der Waals surface area contributed by atoms with E-state index in [2.05, 4.69) is 4.74 Å². The first-order valence-corrected chi connectivity index (χ1v) is 4.83. The van der Waals surface area contributed by atoms with Crippen LogP contribution in [0.4, 0.5) is 5.69 Å². The van der Waals surface area contributed by atoms with Gasteiger partial charge in [-0.15, -0.1) is 0 Å². The van der Waals surface area contributed by atoms with E-state index in [1.807, 2.05) is 0 Å². The summed E-state index contributed by atoms with van der Waals surface area (Å²) in [7, 11) is 1.25. The highest BCUT2D eigenvalue weighted by atomic mass is 16.6. The first-order chi connectivity index (χ1) is 7.95. The highest BCUT2D eigenvalue weighted by Crippen LogP contribution is 2.21. The molecule has 0 spiro atoms. The lowest BCUT2D eigenvalue weighted by Crippen LogP contribution is -2.25. The molecule has 0 amide bonds. The van der Waals surface area contributed by atoms with Crippen molar-refractivity contribution in [2.75, 3.05) is 12.8 Å². The van der Waals surface area contributed by atoms with Gasteiger partial charge >= 0.3 is 11.9 Å². The summed E-state index contributed by atoms with van der Waals surface area (Å²) in [5, 5.41) is 8.77. The minimum absolute atomic E-state index is 0.0110. The molecule has 1 aromatic rings. The van der Waals surface area contributed by atoms with Crippen molar-refractivity contribution in [1.82, 2.24) is 0 Å². The lowest BCUT2D eigenvalue weighted by molar-refractivity contribution is -0.147. The number of esters is 1. The van der Waals surface area contributed by atoms with Gasteiger partial charge in [-0.05, 0) is 19.1 Å². The van der Waals surface area contributed by atoms with E-state index in [4.69, 9.17) is 15.6 Å². The van der Waals surface area contributed by atoms with E-state index >= 15 is 0 Å². The first-order valence-electron chi connectivity index (χ1n) is 4.83. The number of carboxylic acid groups (broad SMARTS) is 1. The highest BCUT2D eigenvalue weighted by Gasteiger charge is 2.16. The average Bonchev–Trinajstić information content (AvgIpc) is 2.27. The summed E-state index contributed by atoms with van der Waals surface area (Å²) in [5.74, 6) is -1.33. The second kappa shape index (κ2) is 5.20. The summed E-state index contributed by atoms with van der Waals surface area (Å²) < 4.78 is 9.72. The summed E-state index contributed by atoms with van der Waals surface area (Å²) in [5.41, 5.74) is 5.59. The van der Waals surface area contributed by atoms with Crippen LogP contribution in [0.15, 0.2) is 18.2 Å². The van der Waals surface area contributed by atoms with E-state index < -0.39 is 18.0 Å². The molecule has 0 radical (unpaired) electrons. The van der Waals surface area contributed by atoms with E-state index in [9.17, 15) is 9.59 Å². The third kappa shape index (κ3) is 3.10. The predicted molar refractivity (Wildman–Crippen MR) is 59.9 cm³/mol. The van der Waals surface area contributed by atoms with Crippen LogP contribution in [0.1, 0.15) is 17.3 Å². The Morgan fingerprint density at radius 2 is 2.06 bits per heavy atom. The van der Waals surface area contributed by atoms with E-state index in [-0.39, 0.29) is 11.3 Å². The monoisotopic (exact) mass is 239 g/mol. The van der Waals surface area contributed by atoms with Gasteiger partial charge in [0.2, 0.25) is 0 Å². The van der Waals surface area contributed by atoms with Crippen LogP contribution in [-0.4, -0.2) is 30.3 Å². The first kappa shape index (κ1) is 12.8. The molecule has 0 aromatic heterocycles. The van der Waals surface area contributed by atoms with Crippen molar-refractivity contribution in [3.8, 4) is 5.75 Å². The maximum Gasteiger partial charge on any atom is 0.346 e. The molecule has 0 aliphatic carbocycles. The molecule has 17 heavy (non-hydrogen) atoms. The summed E-state index contributed by atoms with van der Waals surface area (Å²) in [6, 6.07) is 4.10. The largest absolute Gasteiger partial charge is 0.479 e. The molecule has 0 bridgehead atoms. The molecule has 0 heterocycles. The van der Waals surface area contributed by atoms with Gasteiger partial charge in [-0.2, -0.15) is 0 Å². The molecule has 92 valence electrons. The third-order valence-corrected chi connectivity index (χ3v) is 2.10. The van der Waals surface area contributed by atoms with Crippen molar-refractivity contribution >= 4 is 17.6 Å². The summed E-state index contributed by atoms with van der Waals surface area (Å²) in [6.45, 7) is 1.52. The van der Waals surface area contributed by atoms with Crippen molar-refractivity contribution in [2.24, 2.45) is 0 Å². The number of anilines is 1. The Balaban J connectivity index is 2.84. The lowest BCUT2D eigenvalue weighted by atomic mass is 10.2. The fraction of sp³-hybridized carbons (Fsp3) is 0.273. The zero-order valence-corrected chi connectivity index (χ0v) is 9.47. The average molecular weight is 239 g/mol. The number of benzene rings is 1. The number of nitrogen functional groups attached to an aromatic ring is 1. The van der Waals surface area contributed by atoms with Gasteiger partial charge in [0, 0.05) is 11.8 Å². The standard InChI is InChI=1S/C11H13NO5/c1-6(11(15)16-2)17-7-3-4-8(10(13)14)9(12)5-7/h3-6H,12H2,1-2H3,(H,13,14). The van der Waals surface area contributed by atoms with E-state index in [0.717, 1.165) is 0 Å². The van der Waals surface area contributed by atoms with Gasteiger partial charge in [0.25, 0.3) is 0 Å². The van der Waals surface area contributed by atoms with Crippen LogP contribution in [0.25, 0.3) is 0 Å². The molecule has 0 aliphatic heterocycles. The highest BCUT2D eigenvalue weighted by molar-refractivity contribution is 5.93. The number of hydrogen-bond donors (Lipinski definition) is 2. The maximum atomic E-state index is 11.1. The topological polar surface area (TPSA) is 98.8 Å². The SMILES string of the molecule is COC(=O)C(C)Oc1ccc(C(=O)O)c(N)c1. The van der Waals surface area contributed by atoms with E-state index in [0.29, 0.717) is 5.75 Å². The molecule has 3 N–H and O–H groups in total. The van der Waals surface area contributed by atoms with Crippen molar-refractivity contribution in [2.45, 2.75) is 13.0 Å². The smallest absolute Gasteiger partial charge is 0.346 e. The number of carbonyl (C=O) groups excluding carboxylic acids is 1. The van der Waals surface area contributed by atoms with E-state index in [1.165, 1.54) is 32.2 Å². The summed E-state index contributed by atoms with van der Waals surface area (Å²) in [6.07, 6.45) is -0.782. The number of nitrogens with two attached hydrogens (primary N) is 1. The number of methoxy groups -OCH3 is 1. The van der Waals surface area contributed by atoms with Gasteiger partial charge < -0.3 is 20.3 Å². The number of rotatable bonds is 4. The van der Waals surface area contributed by atoms with Crippen molar-refractivity contribution in [1.29, 1.82) is 0 Å². The van der Waals surface area contributed by atoms with Gasteiger partial charge in [-0.25, -0.2) is 9.59 Å². The Bertz CT molecular complexity index is 443. The Morgan fingerprint density at radius 1 is 1.41 bits per heavy atom. The number of carbonyl (C=O) groups is 2. The fourth-order valence-electron chi connectivity index (χ4n) is 1.23. The summed E-state index contributed by atoms with van der Waals surface area (Å²) in [4.78, 5) is 21.8. The molecule has 0 saturated carbocycles. The van der Waals surface area contributed by atoms with Crippen LogP contribution in [-0.2, 0) is 9.53 Å². The Kier molecular flexibility index (Phi) is 3.92. The lowest BCUT2D eigenvalue weighted by Gasteiger charge is -2.13. The minimum atomic E-state index is -1.12. The normalized spacial score (nSPS) is 11.6. The van der Waals surface area contributed by atoms with Crippen LogP contribution in [0.2, 0.25) is 0 Å². The van der Waals surface area contributed by atoms with Crippen LogP contribution in [0.5, 0.6) is 5.75 Å². The predicted octanol–water partition coefficient (Wildman–Crippen LogP) is 0.907. The molecule has 1 atom stereocenters. The molecular weight excluding hydrogens is 226 g/mol.